The maximum atomic E-state index is 13.3. The molecule has 1 amide bonds. The number of nitrogens with one attached hydrogen (secondary N) is 1. The van der Waals surface area contributed by atoms with Crippen LogP contribution in [0.25, 0.3) is 0 Å². The topological polar surface area (TPSA) is 307 Å². The Morgan fingerprint density at radius 3 is 1.40 bits per heavy atom. The number of aliphatic hydroxyl groups is 11. The fraction of sp³-hybridized carbons (Fsp3) is 0.845. The van der Waals surface area contributed by atoms with Gasteiger partial charge in [0.05, 0.1) is 38.6 Å². The number of aliphatic hydroxyl groups excluding tert-OH is 11. The van der Waals surface area contributed by atoms with Gasteiger partial charge in [-0.2, -0.15) is 0 Å². The summed E-state index contributed by atoms with van der Waals surface area (Å²) in [5.41, 5.74) is 0. The molecule has 19 heteroatoms. The highest BCUT2D eigenvalue weighted by atomic mass is 16.8. The van der Waals surface area contributed by atoms with Crippen molar-refractivity contribution in [3.8, 4) is 0 Å². The molecule has 3 rings (SSSR count). The fourth-order valence-corrected chi connectivity index (χ4v) is 9.83. The van der Waals surface area contributed by atoms with Crippen LogP contribution in [0.2, 0.25) is 0 Å². The average molecular weight is 1100 g/mol. The van der Waals surface area contributed by atoms with Crippen LogP contribution in [0.4, 0.5) is 0 Å². The number of hydrogen-bond donors (Lipinski definition) is 12. The third-order valence-electron chi connectivity index (χ3n) is 14.7. The zero-order valence-electron chi connectivity index (χ0n) is 46.4. The van der Waals surface area contributed by atoms with Gasteiger partial charge in [-0.15, -0.1) is 0 Å². The highest BCUT2D eigenvalue weighted by molar-refractivity contribution is 5.76. The molecule has 12 N–H and O–H groups in total. The van der Waals surface area contributed by atoms with Gasteiger partial charge >= 0.3 is 0 Å². The molecule has 0 aromatic heterocycles. The molecule has 3 fully saturated rings. The third-order valence-corrected chi connectivity index (χ3v) is 14.7. The molecule has 0 bridgehead atoms. The van der Waals surface area contributed by atoms with E-state index in [1.807, 2.05) is 0 Å². The van der Waals surface area contributed by atoms with Crippen molar-refractivity contribution in [2.45, 2.75) is 285 Å². The van der Waals surface area contributed by atoms with E-state index in [9.17, 15) is 61.0 Å². The first-order valence-electron chi connectivity index (χ1n) is 29.4. The summed E-state index contributed by atoms with van der Waals surface area (Å²) in [5, 5.41) is 120. The van der Waals surface area contributed by atoms with Crippen molar-refractivity contribution < 1.29 is 89.4 Å². The second-order valence-corrected chi connectivity index (χ2v) is 21.1. The van der Waals surface area contributed by atoms with E-state index in [2.05, 4.69) is 67.8 Å². The monoisotopic (exact) mass is 1100 g/mol. The van der Waals surface area contributed by atoms with Gasteiger partial charge in [-0.1, -0.05) is 172 Å². The lowest BCUT2D eigenvalue weighted by atomic mass is 9.96. The minimum Gasteiger partial charge on any atom is -0.394 e. The highest BCUT2D eigenvalue weighted by Gasteiger charge is 2.53. The van der Waals surface area contributed by atoms with E-state index >= 15 is 0 Å². The summed E-state index contributed by atoms with van der Waals surface area (Å²) >= 11 is 0. The first-order valence-corrected chi connectivity index (χ1v) is 29.4. The van der Waals surface area contributed by atoms with Crippen LogP contribution >= 0.6 is 0 Å². The predicted octanol–water partition coefficient (Wildman–Crippen LogP) is 4.70. The third kappa shape index (κ3) is 26.0. The molecule has 0 radical (unpaired) electrons. The molecule has 3 aliphatic heterocycles. The van der Waals surface area contributed by atoms with Crippen LogP contribution < -0.4 is 5.32 Å². The molecule has 3 heterocycles. The molecule has 77 heavy (non-hydrogen) atoms. The Hall–Kier alpha value is -2.25. The van der Waals surface area contributed by atoms with Crippen LogP contribution in [0, 0.1) is 0 Å². The first kappa shape index (κ1) is 69.0. The van der Waals surface area contributed by atoms with E-state index in [4.69, 9.17) is 28.4 Å². The van der Waals surface area contributed by atoms with Crippen molar-refractivity contribution in [1.82, 2.24) is 5.32 Å². The molecule has 17 atom stereocenters. The summed E-state index contributed by atoms with van der Waals surface area (Å²) in [6.45, 7) is 1.64. The molecule has 19 nitrogen and oxygen atoms in total. The molecular formula is C58H103NO18. The van der Waals surface area contributed by atoms with Gasteiger partial charge in [-0.25, -0.2) is 0 Å². The SMILES string of the molecule is CC/C=C\C/C=C\C/C=C\C/C=C\CCCCCCCCCCC(=O)NC(COC1OC(CO)C(OC2OC(CO)C(OC3OC(CO)C(O)C(O)C3O)C(O)C2O)C(O)C1O)C(O)CCCCCCCCCCCCC. The quantitative estimate of drug-likeness (QED) is 0.0291. The maximum absolute atomic E-state index is 13.3. The molecule has 0 aromatic carbocycles. The Bertz CT molecular complexity index is 1600. The average Bonchev–Trinajstić information content (AvgIpc) is 3.44. The number of ether oxygens (including phenoxy) is 6. The van der Waals surface area contributed by atoms with Gasteiger partial charge in [-0.05, 0) is 51.4 Å². The summed E-state index contributed by atoms with van der Waals surface area (Å²) in [6.07, 6.45) is 17.7. The highest BCUT2D eigenvalue weighted by Crippen LogP contribution is 2.33. The standard InChI is InChI=1S/C58H103NO18/c1-3-5-7-9-11-13-15-16-17-18-19-20-21-22-23-24-26-28-30-32-34-36-46(64)59-41(42(63)35-33-31-29-27-25-14-12-10-8-6-4-2)40-72-56-52(70)49(67)54(44(38-61)74-56)77-58-53(71)50(68)55(45(39-62)75-58)76-57-51(69)48(66)47(65)43(37-60)73-57/h5,7,11,13,16-17,19-20,41-45,47-58,60-63,65-71H,3-4,6,8-10,12,14-15,18,21-40H2,1-2H3,(H,59,64)/b7-5-,13-11-,17-16-,20-19-. The van der Waals surface area contributed by atoms with Crippen LogP contribution in [0.3, 0.4) is 0 Å². The number of hydrogen-bond acceptors (Lipinski definition) is 18. The number of unbranched alkanes of at least 4 members (excludes halogenated alkanes) is 18. The van der Waals surface area contributed by atoms with E-state index in [1.54, 1.807) is 0 Å². The summed E-state index contributed by atoms with van der Waals surface area (Å²) in [7, 11) is 0. The van der Waals surface area contributed by atoms with Crippen molar-refractivity contribution in [1.29, 1.82) is 0 Å². The van der Waals surface area contributed by atoms with Gasteiger partial charge in [0.2, 0.25) is 5.91 Å². The molecule has 0 aromatic rings. The first-order chi connectivity index (χ1) is 37.3. The molecule has 3 saturated heterocycles. The van der Waals surface area contributed by atoms with Crippen molar-refractivity contribution in [3.05, 3.63) is 48.6 Å². The smallest absolute Gasteiger partial charge is 0.220 e. The lowest BCUT2D eigenvalue weighted by Gasteiger charge is -2.48. The summed E-state index contributed by atoms with van der Waals surface area (Å²) in [5.74, 6) is -0.255. The van der Waals surface area contributed by atoms with Crippen LogP contribution in [0.1, 0.15) is 181 Å². The number of carbonyl (C=O) groups excluding carboxylic acids is 1. The lowest BCUT2D eigenvalue weighted by molar-refractivity contribution is -0.379. The Balaban J connectivity index is 1.48. The van der Waals surface area contributed by atoms with Gasteiger partial charge < -0.3 is 89.9 Å². The van der Waals surface area contributed by atoms with Gasteiger partial charge in [-0.3, -0.25) is 4.79 Å². The van der Waals surface area contributed by atoms with Gasteiger partial charge in [0.25, 0.3) is 0 Å². The lowest BCUT2D eigenvalue weighted by Crippen LogP contribution is -2.66. The minimum atomic E-state index is -1.97. The van der Waals surface area contributed by atoms with Crippen LogP contribution in [-0.4, -0.2) is 193 Å². The number of carbonyl (C=O) groups is 1. The van der Waals surface area contributed by atoms with Crippen LogP contribution in [0.15, 0.2) is 48.6 Å². The zero-order valence-corrected chi connectivity index (χ0v) is 46.4. The van der Waals surface area contributed by atoms with Gasteiger partial charge in [0.1, 0.15) is 73.2 Å². The molecule has 0 spiro atoms. The second kappa shape index (κ2) is 41.7. The predicted molar refractivity (Wildman–Crippen MR) is 291 cm³/mol. The summed E-state index contributed by atoms with van der Waals surface area (Å²) in [4.78, 5) is 13.3. The summed E-state index contributed by atoms with van der Waals surface area (Å²) in [6, 6.07) is -0.891. The van der Waals surface area contributed by atoms with Crippen molar-refractivity contribution in [2.75, 3.05) is 26.4 Å². The van der Waals surface area contributed by atoms with Gasteiger partial charge in [0, 0.05) is 6.42 Å². The van der Waals surface area contributed by atoms with Crippen molar-refractivity contribution in [3.63, 3.8) is 0 Å². The van der Waals surface area contributed by atoms with E-state index in [-0.39, 0.29) is 18.9 Å². The second-order valence-electron chi connectivity index (χ2n) is 21.1. The molecule has 0 aliphatic carbocycles. The van der Waals surface area contributed by atoms with E-state index in [0.29, 0.717) is 12.8 Å². The Morgan fingerprint density at radius 1 is 0.481 bits per heavy atom. The van der Waals surface area contributed by atoms with E-state index in [1.165, 1.54) is 64.2 Å². The van der Waals surface area contributed by atoms with Crippen molar-refractivity contribution in [2.24, 2.45) is 0 Å². The molecular weight excluding hydrogens is 999 g/mol. The Kier molecular flexibility index (Phi) is 37.4. The number of amides is 1. The Morgan fingerprint density at radius 2 is 0.896 bits per heavy atom. The molecule has 17 unspecified atom stereocenters. The summed E-state index contributed by atoms with van der Waals surface area (Å²) < 4.78 is 34.2. The van der Waals surface area contributed by atoms with E-state index in [0.717, 1.165) is 83.5 Å². The number of allylic oxidation sites excluding steroid dienone is 8. The molecule has 448 valence electrons. The largest absolute Gasteiger partial charge is 0.394 e. The normalized spacial score (nSPS) is 31.1. The minimum absolute atomic E-state index is 0.255. The molecule has 0 saturated carbocycles. The van der Waals surface area contributed by atoms with Gasteiger partial charge in [0.15, 0.2) is 18.9 Å². The number of rotatable bonds is 42. The van der Waals surface area contributed by atoms with Crippen molar-refractivity contribution >= 4 is 5.91 Å². The fourth-order valence-electron chi connectivity index (χ4n) is 9.83. The maximum Gasteiger partial charge on any atom is 0.220 e. The Labute approximate surface area is 459 Å². The van der Waals surface area contributed by atoms with Crippen LogP contribution in [-0.2, 0) is 33.2 Å². The van der Waals surface area contributed by atoms with E-state index < -0.39 is 124 Å². The van der Waals surface area contributed by atoms with Crippen LogP contribution in [0.5, 0.6) is 0 Å². The molecule has 3 aliphatic rings. The zero-order chi connectivity index (χ0) is 56.2.